The Kier molecular flexibility index (Phi) is 65.3. The van der Waals surface area contributed by atoms with Gasteiger partial charge in [0.05, 0.1) is 125 Å². The first kappa shape index (κ1) is 122. The van der Waals surface area contributed by atoms with Gasteiger partial charge >= 0.3 is 59.7 Å². The average molecular weight is 1930 g/mol. The second-order valence-corrected chi connectivity index (χ2v) is 42.2. The van der Waals surface area contributed by atoms with Gasteiger partial charge in [0.1, 0.15) is 12.2 Å². The first-order valence-electron chi connectivity index (χ1n) is 53.1. The number of esters is 8. The van der Waals surface area contributed by atoms with E-state index in [1.54, 1.807) is 0 Å². The highest BCUT2D eigenvalue weighted by molar-refractivity contribution is 5.74. The van der Waals surface area contributed by atoms with Gasteiger partial charge in [0.15, 0.2) is 0 Å². The molecule has 0 spiro atoms. The van der Waals surface area contributed by atoms with E-state index in [0.717, 1.165) is 302 Å². The molecule has 0 bridgehead atoms. The molecule has 0 amide bonds. The fraction of sp³-hybridized carbons (Fsp3) is 0.905. The van der Waals surface area contributed by atoms with Gasteiger partial charge in [-0.05, 0) is 349 Å². The predicted octanol–water partition coefficient (Wildman–Crippen LogP) is 17.0. The molecule has 0 aromatic heterocycles. The Morgan fingerprint density at radius 2 is 0.541 bits per heavy atom. The van der Waals surface area contributed by atoms with E-state index in [1.807, 2.05) is 27.7 Å². The summed E-state index contributed by atoms with van der Waals surface area (Å²) in [7, 11) is 0. The van der Waals surface area contributed by atoms with Gasteiger partial charge in [-0.1, -0.05) is 79.1 Å². The second kappa shape index (κ2) is 72.5. The lowest BCUT2D eigenvalue weighted by Crippen LogP contribution is -2.24. The zero-order valence-electron chi connectivity index (χ0n) is 83.3. The number of hydrogen-bond acceptors (Lipinski definition) is 28. The molecule has 8 rings (SSSR count). The van der Waals surface area contributed by atoms with E-state index >= 15 is 0 Å². The zero-order valence-corrected chi connectivity index (χ0v) is 83.3. The van der Waals surface area contributed by atoms with Crippen LogP contribution >= 0.6 is 0 Å². The minimum atomic E-state index is -0.791. The summed E-state index contributed by atoms with van der Waals surface area (Å²) in [6, 6.07) is 0. The van der Waals surface area contributed by atoms with Crippen LogP contribution in [0.5, 0.6) is 0 Å². The third-order valence-electron chi connectivity index (χ3n) is 28.2. The van der Waals surface area contributed by atoms with E-state index in [2.05, 4.69) is 0 Å². The molecule has 8 heterocycles. The summed E-state index contributed by atoms with van der Waals surface area (Å²) >= 11 is 0. The van der Waals surface area contributed by atoms with Crippen LogP contribution in [0.15, 0.2) is 0 Å². The van der Waals surface area contributed by atoms with Crippen LogP contribution in [0.25, 0.3) is 0 Å². The Morgan fingerprint density at radius 3 is 0.800 bits per heavy atom. The quantitative estimate of drug-likeness (QED) is 0.0199. The lowest BCUT2D eigenvalue weighted by molar-refractivity contribution is -0.155. The van der Waals surface area contributed by atoms with Crippen molar-refractivity contribution in [3.05, 3.63) is 0 Å². The number of rotatable bonds is 64. The summed E-state index contributed by atoms with van der Waals surface area (Å²) < 4.78 is 40.7. The smallest absolute Gasteiger partial charge is 0.308 e. The number of cyclic esters (lactones) is 8. The van der Waals surface area contributed by atoms with Crippen LogP contribution in [-0.2, 0) is 85.8 Å². The number of carboxylic acid groups (broad SMARTS) is 2. The highest BCUT2D eigenvalue weighted by atomic mass is 16.6. The molecular weight excluding hydrogens is 1740 g/mol. The molecular formula is C105H184O30. The SMILES string of the molecule is CC(C)(CCCC(O)CCCC(O)CCCC(C)(C)CC(=O)O)CC(=O)O.O=C1CC(CCCC(O)CCCC(O)CCCC2CCOC(=O)C2)CCO1.O=C1CCC(CCCC(O)CCCC(O)CCCC2CCC(=O)OC2)CO1.O=C1CCCC(CCCC(O)CCCC(O)CCCC2CCCC(=O)O2)O1.O=C1OCCCC1CCCC(O)CCCC(O)CCCC1CCCOC1=O. The molecule has 8 aliphatic heterocycles. The Hall–Kier alpha value is -5.70. The van der Waals surface area contributed by atoms with Crippen molar-refractivity contribution in [2.45, 2.75) is 518 Å². The molecule has 18 atom stereocenters. The maximum absolute atomic E-state index is 11.6. The van der Waals surface area contributed by atoms with Gasteiger partial charge in [0.25, 0.3) is 0 Å². The van der Waals surface area contributed by atoms with E-state index in [4.69, 9.17) is 48.1 Å². The molecule has 0 aromatic carbocycles. The third-order valence-corrected chi connectivity index (χ3v) is 28.2. The Labute approximate surface area is 807 Å². The molecule has 18 unspecified atom stereocenters. The average Bonchev–Trinajstić information content (AvgIpc) is 0.900. The summed E-state index contributed by atoms with van der Waals surface area (Å²) in [5.41, 5.74) is -0.508. The van der Waals surface area contributed by atoms with Crippen LogP contribution in [0.2, 0.25) is 0 Å². The first-order chi connectivity index (χ1) is 64.5. The monoisotopic (exact) mass is 1930 g/mol. The van der Waals surface area contributed by atoms with Crippen LogP contribution in [0.3, 0.4) is 0 Å². The van der Waals surface area contributed by atoms with Gasteiger partial charge in [-0.15, -0.1) is 0 Å². The maximum Gasteiger partial charge on any atom is 0.308 e. The highest BCUT2D eigenvalue weighted by Crippen LogP contribution is 2.34. The Balaban J connectivity index is 0.000000353. The lowest BCUT2D eigenvalue weighted by atomic mass is 9.83. The minimum absolute atomic E-state index is 0.00854. The largest absolute Gasteiger partial charge is 0.481 e. The number of aliphatic hydroxyl groups is 10. The van der Waals surface area contributed by atoms with Crippen LogP contribution < -0.4 is 0 Å². The summed E-state index contributed by atoms with van der Waals surface area (Å²) in [6.45, 7) is 11.0. The number of aliphatic carboxylic acids is 2. The molecule has 784 valence electrons. The molecule has 30 heteroatoms. The van der Waals surface area contributed by atoms with Crippen molar-refractivity contribution in [1.29, 1.82) is 0 Å². The van der Waals surface area contributed by atoms with E-state index in [-0.39, 0.29) is 144 Å². The van der Waals surface area contributed by atoms with Crippen molar-refractivity contribution in [3.63, 3.8) is 0 Å². The number of carbonyl (C=O) groups is 10. The Bertz CT molecular complexity index is 2900. The number of aliphatic hydroxyl groups excluding tert-OH is 10. The van der Waals surface area contributed by atoms with Gasteiger partial charge in [-0.25, -0.2) is 0 Å². The van der Waals surface area contributed by atoms with Crippen LogP contribution in [0.1, 0.15) is 445 Å². The fourth-order valence-corrected chi connectivity index (χ4v) is 19.7. The van der Waals surface area contributed by atoms with Crippen molar-refractivity contribution in [2.24, 2.45) is 46.3 Å². The third kappa shape index (κ3) is 64.4. The molecule has 135 heavy (non-hydrogen) atoms. The highest BCUT2D eigenvalue weighted by Gasteiger charge is 2.31. The number of ether oxygens (including phenoxy) is 8. The van der Waals surface area contributed by atoms with Crippen molar-refractivity contribution in [1.82, 2.24) is 0 Å². The summed E-state index contributed by atoms with van der Waals surface area (Å²) in [5.74, 6) is -0.574. The van der Waals surface area contributed by atoms with E-state index in [1.165, 1.54) is 0 Å². The Morgan fingerprint density at radius 1 is 0.274 bits per heavy atom. The van der Waals surface area contributed by atoms with E-state index in [9.17, 15) is 99.0 Å². The minimum Gasteiger partial charge on any atom is -0.481 e. The molecule has 0 aromatic rings. The van der Waals surface area contributed by atoms with Crippen molar-refractivity contribution in [3.8, 4) is 0 Å². The van der Waals surface area contributed by atoms with Gasteiger partial charge < -0.3 is 99.2 Å². The summed E-state index contributed by atoms with van der Waals surface area (Å²) in [4.78, 5) is 112. The number of hydrogen-bond donors (Lipinski definition) is 12. The first-order valence-corrected chi connectivity index (χ1v) is 53.1. The lowest BCUT2D eigenvalue weighted by Gasteiger charge is -2.23. The maximum atomic E-state index is 11.6. The standard InChI is InChI=1S/4C21H36O6.C21H40O6/c22-18(10-1-6-16-8-4-14-26-20(16)24)12-3-13-19(23)11-2-7-17-9-5-15-27-21(17)25;22-16(8-2-10-18-12-4-14-20(24)26-18)6-1-7-17(23)9-3-11-19-13-5-15-21(25)27-19;22-18(6-1-4-16-10-12-26-20(24)14-16)8-3-9-19(23)7-2-5-17-11-13-27-21(25)15-17;22-18(6-1-4-16-10-12-20(24)26-14-16)8-3-9-19(23)7-2-5-17-11-13-21(25)27-15-17;1-20(2,14-18(24)25)12-6-10-16(22)8-5-9-17(23)11-7-13-21(3,4)15-19(26)27/h4*16-19,22-23H,1-15H2;16-17,22-23H,5-15H2,1-4H3,(H,24,25)(H,26,27). The van der Waals surface area contributed by atoms with Gasteiger partial charge in [-0.2, -0.15) is 0 Å². The fourth-order valence-electron chi connectivity index (χ4n) is 19.7. The topological polar surface area (TPSA) is 487 Å². The predicted molar refractivity (Wildman–Crippen MR) is 509 cm³/mol. The molecule has 0 saturated carbocycles. The van der Waals surface area contributed by atoms with Gasteiger partial charge in [0, 0.05) is 38.5 Å². The van der Waals surface area contributed by atoms with Gasteiger partial charge in [0.2, 0.25) is 0 Å². The van der Waals surface area contributed by atoms with Gasteiger partial charge in [-0.3, -0.25) is 47.9 Å². The van der Waals surface area contributed by atoms with Crippen molar-refractivity contribution in [2.75, 3.05) is 39.6 Å². The molecule has 30 nitrogen and oxygen atoms in total. The van der Waals surface area contributed by atoms with E-state index < -0.39 is 24.1 Å². The molecule has 8 fully saturated rings. The molecule has 12 N–H and O–H groups in total. The number of carboxylic acids is 2. The molecule has 8 aliphatic rings. The van der Waals surface area contributed by atoms with Crippen molar-refractivity contribution >= 4 is 59.7 Å². The normalized spacial score (nSPS) is 23.4. The van der Waals surface area contributed by atoms with Crippen LogP contribution in [0.4, 0.5) is 0 Å². The summed E-state index contributed by atoms with van der Waals surface area (Å²) in [6.07, 6.45) is 46.8. The van der Waals surface area contributed by atoms with Crippen LogP contribution in [0, 0.1) is 46.3 Å². The van der Waals surface area contributed by atoms with Crippen molar-refractivity contribution < 1.29 is 147 Å². The zero-order chi connectivity index (χ0) is 99.0. The molecule has 8 saturated heterocycles. The summed E-state index contributed by atoms with van der Waals surface area (Å²) in [5, 5.41) is 119. The number of carbonyl (C=O) groups excluding carboxylic acids is 8. The van der Waals surface area contributed by atoms with Crippen LogP contribution in [-0.4, -0.2) is 234 Å². The second-order valence-electron chi connectivity index (χ2n) is 42.2. The molecule has 0 radical (unpaired) electrons. The van der Waals surface area contributed by atoms with E-state index in [0.29, 0.717) is 166 Å². The molecule has 0 aliphatic carbocycles.